The van der Waals surface area contributed by atoms with Crippen molar-refractivity contribution in [3.05, 3.63) is 34.6 Å². The Morgan fingerprint density at radius 1 is 1.33 bits per heavy atom. The summed E-state index contributed by atoms with van der Waals surface area (Å²) in [5, 5.41) is 19.0. The lowest BCUT2D eigenvalue weighted by atomic mass is 10.2. The van der Waals surface area contributed by atoms with Crippen LogP contribution in [-0.2, 0) is 6.54 Å². The molecule has 0 aliphatic rings. The summed E-state index contributed by atoms with van der Waals surface area (Å²) in [5.41, 5.74) is 0.307. The van der Waals surface area contributed by atoms with Crippen LogP contribution in [0.25, 0.3) is 10.9 Å². The number of aromatic hydroxyl groups is 2. The van der Waals surface area contributed by atoms with Crippen LogP contribution in [0.2, 0.25) is 0 Å². The maximum Gasteiger partial charge on any atom is 0.197 e. The summed E-state index contributed by atoms with van der Waals surface area (Å²) in [7, 11) is 0. The fourth-order valence-corrected chi connectivity index (χ4v) is 1.53. The lowest BCUT2D eigenvalue weighted by Crippen LogP contribution is -2.07. The molecule has 4 nitrogen and oxygen atoms in total. The Balaban J connectivity index is 2.95. The van der Waals surface area contributed by atoms with Crippen molar-refractivity contribution in [1.29, 1.82) is 0 Å². The van der Waals surface area contributed by atoms with Crippen LogP contribution in [-0.4, -0.2) is 14.8 Å². The maximum absolute atomic E-state index is 11.4. The van der Waals surface area contributed by atoms with E-state index in [9.17, 15) is 15.0 Å². The van der Waals surface area contributed by atoms with Crippen LogP contribution in [0.4, 0.5) is 0 Å². The standard InChI is InChI=1S/C11H10NO3/c1-2-12-4-3-9(13)7-5-10(14)11(15)6-8(7)12/h4-6,14-15H,2H2,1H3. The molecule has 1 heterocycles. The fraction of sp³-hybridized carbons (Fsp3) is 0.182. The number of hydrogen-bond donors (Lipinski definition) is 2. The maximum atomic E-state index is 11.4. The zero-order chi connectivity index (χ0) is 11.0. The molecule has 0 spiro atoms. The van der Waals surface area contributed by atoms with E-state index >= 15 is 0 Å². The van der Waals surface area contributed by atoms with E-state index in [1.54, 1.807) is 10.8 Å². The lowest BCUT2D eigenvalue weighted by molar-refractivity contribution is 0.404. The number of phenolic OH excluding ortho intramolecular Hbond substituents is 2. The average molecular weight is 204 g/mol. The lowest BCUT2D eigenvalue weighted by Gasteiger charge is -2.08. The van der Waals surface area contributed by atoms with Gasteiger partial charge < -0.3 is 14.8 Å². The summed E-state index contributed by atoms with van der Waals surface area (Å²) in [5.74, 6) is -0.517. The highest BCUT2D eigenvalue weighted by atomic mass is 16.3. The molecule has 2 aromatic rings. The fourth-order valence-electron chi connectivity index (χ4n) is 1.53. The zero-order valence-electron chi connectivity index (χ0n) is 8.19. The molecule has 2 rings (SSSR count). The van der Waals surface area contributed by atoms with Crippen molar-refractivity contribution in [2.24, 2.45) is 0 Å². The molecule has 0 saturated carbocycles. The van der Waals surface area contributed by atoms with Crippen molar-refractivity contribution >= 4 is 10.9 Å². The molecule has 4 heteroatoms. The van der Waals surface area contributed by atoms with E-state index in [4.69, 9.17) is 0 Å². The van der Waals surface area contributed by atoms with Gasteiger partial charge in [0.2, 0.25) is 0 Å². The average Bonchev–Trinajstić information content (AvgIpc) is 2.22. The number of fused-ring (bicyclic) bond motifs is 1. The third-order valence-electron chi connectivity index (χ3n) is 2.34. The number of phenols is 2. The number of pyridine rings is 1. The van der Waals surface area contributed by atoms with Crippen molar-refractivity contribution in [1.82, 2.24) is 4.57 Å². The van der Waals surface area contributed by atoms with Crippen LogP contribution in [0, 0.1) is 6.07 Å². The monoisotopic (exact) mass is 204 g/mol. The first-order chi connectivity index (χ1) is 7.13. The highest BCUT2D eigenvalue weighted by Gasteiger charge is 2.07. The number of aromatic nitrogens is 1. The summed E-state index contributed by atoms with van der Waals surface area (Å²) in [6.45, 7) is 2.58. The van der Waals surface area contributed by atoms with Crippen molar-refractivity contribution < 1.29 is 10.2 Å². The van der Waals surface area contributed by atoms with Gasteiger partial charge in [-0.3, -0.25) is 4.79 Å². The minimum atomic E-state index is -0.290. The van der Waals surface area contributed by atoms with E-state index in [0.29, 0.717) is 17.4 Å². The van der Waals surface area contributed by atoms with Crippen LogP contribution in [0.5, 0.6) is 11.5 Å². The Bertz CT molecular complexity index is 572. The molecular weight excluding hydrogens is 194 g/mol. The first kappa shape index (κ1) is 9.58. The summed E-state index contributed by atoms with van der Waals surface area (Å²) in [6, 6.07) is 5.19. The predicted molar refractivity (Wildman–Crippen MR) is 56.0 cm³/mol. The van der Waals surface area contributed by atoms with Crippen molar-refractivity contribution in [3.8, 4) is 11.5 Å². The van der Waals surface area contributed by atoms with Gasteiger partial charge in [0.15, 0.2) is 16.9 Å². The first-order valence-electron chi connectivity index (χ1n) is 4.60. The Morgan fingerprint density at radius 2 is 2.00 bits per heavy atom. The SMILES string of the molecule is CCn1c[c]c(=O)c2cc(O)c(O)cc21. The highest BCUT2D eigenvalue weighted by molar-refractivity contribution is 5.82. The van der Waals surface area contributed by atoms with Crippen molar-refractivity contribution in [2.75, 3.05) is 0 Å². The quantitative estimate of drug-likeness (QED) is 0.687. The smallest absolute Gasteiger partial charge is 0.197 e. The Labute approximate surface area is 86.0 Å². The van der Waals surface area contributed by atoms with Crippen LogP contribution in [0.3, 0.4) is 0 Å². The topological polar surface area (TPSA) is 62.5 Å². The van der Waals surface area contributed by atoms with Gasteiger partial charge >= 0.3 is 0 Å². The first-order valence-corrected chi connectivity index (χ1v) is 4.60. The second-order valence-corrected chi connectivity index (χ2v) is 3.25. The number of rotatable bonds is 1. The van der Waals surface area contributed by atoms with Crippen LogP contribution < -0.4 is 5.43 Å². The van der Waals surface area contributed by atoms with E-state index in [-0.39, 0.29) is 16.9 Å². The van der Waals surface area contributed by atoms with Crippen LogP contribution >= 0.6 is 0 Å². The molecule has 0 bridgehead atoms. The summed E-state index contributed by atoms with van der Waals surface area (Å²) >= 11 is 0. The number of hydrogen-bond acceptors (Lipinski definition) is 3. The van der Waals surface area contributed by atoms with Gasteiger partial charge in [-0.15, -0.1) is 0 Å². The molecule has 0 unspecified atom stereocenters. The minimum absolute atomic E-state index is 0.227. The van der Waals surface area contributed by atoms with E-state index in [0.717, 1.165) is 0 Å². The Hall–Kier alpha value is -1.97. The molecule has 1 radical (unpaired) electrons. The number of aryl methyl sites for hydroxylation is 1. The van der Waals surface area contributed by atoms with Crippen LogP contribution in [0.15, 0.2) is 23.1 Å². The molecule has 0 atom stereocenters. The van der Waals surface area contributed by atoms with E-state index < -0.39 is 0 Å². The van der Waals surface area contributed by atoms with Gasteiger partial charge in [-0.05, 0) is 13.0 Å². The van der Waals surface area contributed by atoms with Crippen molar-refractivity contribution in [3.63, 3.8) is 0 Å². The van der Waals surface area contributed by atoms with Gasteiger partial charge in [0, 0.05) is 18.8 Å². The van der Waals surface area contributed by atoms with Crippen LogP contribution in [0.1, 0.15) is 6.92 Å². The highest BCUT2D eigenvalue weighted by Crippen LogP contribution is 2.28. The van der Waals surface area contributed by atoms with E-state index in [2.05, 4.69) is 6.07 Å². The molecule has 0 amide bonds. The largest absolute Gasteiger partial charge is 0.504 e. The van der Waals surface area contributed by atoms with Gasteiger partial charge in [-0.1, -0.05) is 0 Å². The second-order valence-electron chi connectivity index (χ2n) is 3.25. The van der Waals surface area contributed by atoms with Gasteiger partial charge in [-0.25, -0.2) is 0 Å². The number of benzene rings is 1. The normalized spacial score (nSPS) is 10.7. The molecule has 1 aromatic carbocycles. The molecular formula is C11H10NO3. The van der Waals surface area contributed by atoms with Gasteiger partial charge in [-0.2, -0.15) is 0 Å². The zero-order valence-corrected chi connectivity index (χ0v) is 8.19. The van der Waals surface area contributed by atoms with Gasteiger partial charge in [0.05, 0.1) is 17.0 Å². The third-order valence-corrected chi connectivity index (χ3v) is 2.34. The summed E-state index contributed by atoms with van der Waals surface area (Å²) in [6.07, 6.45) is 1.54. The Morgan fingerprint density at radius 3 is 2.67 bits per heavy atom. The molecule has 77 valence electrons. The summed E-state index contributed by atoms with van der Waals surface area (Å²) < 4.78 is 1.77. The molecule has 0 saturated heterocycles. The minimum Gasteiger partial charge on any atom is -0.504 e. The van der Waals surface area contributed by atoms with Crippen molar-refractivity contribution in [2.45, 2.75) is 13.5 Å². The molecule has 0 fully saturated rings. The third kappa shape index (κ3) is 1.44. The van der Waals surface area contributed by atoms with E-state index in [1.807, 2.05) is 6.92 Å². The predicted octanol–water partition coefficient (Wildman–Crippen LogP) is 1.23. The van der Waals surface area contributed by atoms with Gasteiger partial charge in [0.25, 0.3) is 0 Å². The summed E-state index contributed by atoms with van der Waals surface area (Å²) in [4.78, 5) is 11.4. The molecule has 15 heavy (non-hydrogen) atoms. The van der Waals surface area contributed by atoms with Gasteiger partial charge in [0.1, 0.15) is 0 Å². The number of nitrogens with zero attached hydrogens (tertiary/aromatic N) is 1. The molecule has 0 aliphatic heterocycles. The molecule has 0 aliphatic carbocycles. The molecule has 1 aromatic heterocycles. The van der Waals surface area contributed by atoms with E-state index in [1.165, 1.54) is 12.1 Å². The Kier molecular flexibility index (Phi) is 2.11. The molecule has 2 N–H and O–H groups in total. The second kappa shape index (κ2) is 3.31.